The Morgan fingerprint density at radius 3 is 2.71 bits per heavy atom. The third kappa shape index (κ3) is 5.21. The van der Waals surface area contributed by atoms with E-state index in [0.29, 0.717) is 27.5 Å². The number of H-pyrrole nitrogens is 1. The second kappa shape index (κ2) is 9.20. The number of rotatable bonds is 6. The van der Waals surface area contributed by atoms with Crippen molar-refractivity contribution in [2.75, 3.05) is 5.32 Å². The number of aryl methyl sites for hydroxylation is 1. The van der Waals surface area contributed by atoms with E-state index < -0.39 is 23.5 Å². The van der Waals surface area contributed by atoms with Crippen LogP contribution < -0.4 is 10.9 Å². The van der Waals surface area contributed by atoms with Gasteiger partial charge in [0.15, 0.2) is 6.10 Å². The summed E-state index contributed by atoms with van der Waals surface area (Å²) in [6, 6.07) is 8.50. The molecule has 0 radical (unpaired) electrons. The zero-order chi connectivity index (χ0) is 20.8. The number of esters is 1. The number of hydrogen-bond donors (Lipinski definition) is 2. The molecule has 0 unspecified atom stereocenters. The first-order valence-corrected chi connectivity index (χ1v) is 8.99. The molecular weight excluding hydrogens is 382 g/mol. The van der Waals surface area contributed by atoms with Gasteiger partial charge in [-0.1, -0.05) is 17.7 Å². The Labute approximate surface area is 167 Å². The topological polar surface area (TPSA) is 112 Å². The van der Waals surface area contributed by atoms with Gasteiger partial charge in [-0.25, -0.2) is 0 Å². The maximum Gasteiger partial charge on any atom is 0.306 e. The minimum atomic E-state index is -0.987. The highest BCUT2D eigenvalue weighted by Gasteiger charge is 2.19. The van der Waals surface area contributed by atoms with Crippen LogP contribution in [0.5, 0.6) is 0 Å². The van der Waals surface area contributed by atoms with Gasteiger partial charge in [-0.2, -0.15) is 5.26 Å². The molecule has 0 bridgehead atoms. The van der Waals surface area contributed by atoms with E-state index in [0.717, 1.165) is 0 Å². The molecule has 8 heteroatoms. The van der Waals surface area contributed by atoms with Gasteiger partial charge >= 0.3 is 5.97 Å². The molecule has 0 aliphatic heterocycles. The van der Waals surface area contributed by atoms with Gasteiger partial charge in [0.25, 0.3) is 11.5 Å². The Morgan fingerprint density at radius 2 is 2.07 bits per heavy atom. The number of aromatic nitrogens is 1. The van der Waals surface area contributed by atoms with Crippen molar-refractivity contribution in [1.29, 1.82) is 5.26 Å². The molecule has 0 aliphatic rings. The lowest BCUT2D eigenvalue weighted by molar-refractivity contribution is -0.153. The highest BCUT2D eigenvalue weighted by molar-refractivity contribution is 6.30. The number of hydrogen-bond acceptors (Lipinski definition) is 5. The fourth-order valence-corrected chi connectivity index (χ4v) is 2.96. The van der Waals surface area contributed by atoms with Crippen LogP contribution in [0, 0.1) is 25.2 Å². The highest BCUT2D eigenvalue weighted by Crippen LogP contribution is 2.17. The quantitative estimate of drug-likeness (QED) is 0.722. The maximum absolute atomic E-state index is 12.2. The van der Waals surface area contributed by atoms with Crippen molar-refractivity contribution < 1.29 is 14.3 Å². The number of nitrogens with one attached hydrogen (secondary N) is 2. The van der Waals surface area contributed by atoms with Crippen LogP contribution in [0.1, 0.15) is 35.7 Å². The lowest BCUT2D eigenvalue weighted by atomic mass is 9.99. The van der Waals surface area contributed by atoms with Gasteiger partial charge in [-0.05, 0) is 56.5 Å². The normalized spacial score (nSPS) is 11.4. The Kier molecular flexibility index (Phi) is 6.96. The number of ether oxygens (including phenoxy) is 1. The molecule has 28 heavy (non-hydrogen) atoms. The summed E-state index contributed by atoms with van der Waals surface area (Å²) < 4.78 is 5.18. The van der Waals surface area contributed by atoms with Gasteiger partial charge in [0, 0.05) is 22.8 Å². The minimum Gasteiger partial charge on any atom is -0.453 e. The van der Waals surface area contributed by atoms with E-state index >= 15 is 0 Å². The van der Waals surface area contributed by atoms with Gasteiger partial charge in [0.05, 0.1) is 0 Å². The van der Waals surface area contributed by atoms with Gasteiger partial charge in [0.1, 0.15) is 11.6 Å². The number of halogens is 1. The second-order valence-corrected chi connectivity index (χ2v) is 6.74. The number of pyridine rings is 1. The lowest BCUT2D eigenvalue weighted by Gasteiger charge is -2.14. The van der Waals surface area contributed by atoms with Crippen molar-refractivity contribution in [1.82, 2.24) is 4.98 Å². The van der Waals surface area contributed by atoms with Crippen molar-refractivity contribution in [3.05, 3.63) is 62.0 Å². The first-order chi connectivity index (χ1) is 13.2. The summed E-state index contributed by atoms with van der Waals surface area (Å²) in [5.41, 5.74) is 1.94. The summed E-state index contributed by atoms with van der Waals surface area (Å²) in [7, 11) is 0. The average molecular weight is 402 g/mol. The summed E-state index contributed by atoms with van der Waals surface area (Å²) in [6.45, 7) is 4.85. The molecule has 7 nitrogen and oxygen atoms in total. The zero-order valence-electron chi connectivity index (χ0n) is 15.8. The molecule has 0 saturated heterocycles. The predicted octanol–water partition coefficient (Wildman–Crippen LogP) is 3.02. The fourth-order valence-electron chi connectivity index (χ4n) is 2.77. The largest absolute Gasteiger partial charge is 0.453 e. The number of benzene rings is 1. The van der Waals surface area contributed by atoms with E-state index in [4.69, 9.17) is 21.6 Å². The van der Waals surface area contributed by atoms with Crippen molar-refractivity contribution in [2.45, 2.75) is 39.7 Å². The molecule has 0 saturated carbocycles. The fraction of sp³-hybridized carbons (Fsp3) is 0.300. The average Bonchev–Trinajstić information content (AvgIpc) is 2.61. The summed E-state index contributed by atoms with van der Waals surface area (Å²) >= 11 is 5.87. The number of nitriles is 1. The molecule has 1 aromatic carbocycles. The standard InChI is InChI=1S/C20H20ClN3O4/c1-11-16(12(2)23-20(27)17(11)10-22)7-8-18(25)28-13(3)19(26)24-15-6-4-5-14(21)9-15/h4-6,9,13H,7-8H2,1-3H3,(H,23,27)(H,24,26)/t13-/m1/s1. The molecule has 0 spiro atoms. The van der Waals surface area contributed by atoms with Gasteiger partial charge < -0.3 is 15.0 Å². The third-order valence-electron chi connectivity index (χ3n) is 4.27. The molecule has 2 rings (SSSR count). The van der Waals surface area contributed by atoms with E-state index in [2.05, 4.69) is 10.3 Å². The van der Waals surface area contributed by atoms with Crippen LogP contribution in [0.15, 0.2) is 29.1 Å². The number of amides is 1. The summed E-state index contributed by atoms with van der Waals surface area (Å²) in [6.07, 6.45) is -0.697. The van der Waals surface area contributed by atoms with Crippen molar-refractivity contribution in [3.8, 4) is 6.07 Å². The van der Waals surface area contributed by atoms with Crippen LogP contribution >= 0.6 is 11.6 Å². The van der Waals surface area contributed by atoms with Crippen LogP contribution in [0.25, 0.3) is 0 Å². The van der Waals surface area contributed by atoms with E-state index in [9.17, 15) is 14.4 Å². The summed E-state index contributed by atoms with van der Waals surface area (Å²) in [4.78, 5) is 38.6. The van der Waals surface area contributed by atoms with Crippen LogP contribution in [-0.4, -0.2) is 23.0 Å². The first kappa shape index (κ1) is 21.2. The molecule has 0 fully saturated rings. The third-order valence-corrected chi connectivity index (χ3v) is 4.50. The second-order valence-electron chi connectivity index (χ2n) is 6.30. The van der Waals surface area contributed by atoms with E-state index in [1.54, 1.807) is 38.1 Å². The Balaban J connectivity index is 1.96. The number of aromatic amines is 1. The number of anilines is 1. The summed E-state index contributed by atoms with van der Waals surface area (Å²) in [5.74, 6) is -1.03. The molecular formula is C20H20ClN3O4. The minimum absolute atomic E-state index is 0.00732. The molecule has 1 atom stereocenters. The van der Waals surface area contributed by atoms with Crippen LogP contribution in [0.2, 0.25) is 5.02 Å². The smallest absolute Gasteiger partial charge is 0.306 e. The summed E-state index contributed by atoms with van der Waals surface area (Å²) in [5, 5.41) is 12.2. The highest BCUT2D eigenvalue weighted by atomic mass is 35.5. The molecule has 0 aliphatic carbocycles. The van der Waals surface area contributed by atoms with Crippen LogP contribution in [0.3, 0.4) is 0 Å². The van der Waals surface area contributed by atoms with Crippen molar-refractivity contribution in [2.24, 2.45) is 0 Å². The van der Waals surface area contributed by atoms with Crippen LogP contribution in [-0.2, 0) is 20.7 Å². The lowest BCUT2D eigenvalue weighted by Crippen LogP contribution is -2.30. The van der Waals surface area contributed by atoms with Crippen molar-refractivity contribution >= 4 is 29.2 Å². The first-order valence-electron chi connectivity index (χ1n) is 8.61. The Morgan fingerprint density at radius 1 is 1.36 bits per heavy atom. The van der Waals surface area contributed by atoms with E-state index in [-0.39, 0.29) is 18.4 Å². The van der Waals surface area contributed by atoms with Crippen LogP contribution in [0.4, 0.5) is 5.69 Å². The maximum atomic E-state index is 12.2. The number of carbonyl (C=O) groups is 2. The van der Waals surface area contributed by atoms with Gasteiger partial charge in [-0.15, -0.1) is 0 Å². The Hall–Kier alpha value is -3.11. The predicted molar refractivity (Wildman–Crippen MR) is 105 cm³/mol. The number of carbonyl (C=O) groups excluding carboxylic acids is 2. The molecule has 2 aromatic rings. The molecule has 1 heterocycles. The zero-order valence-corrected chi connectivity index (χ0v) is 16.5. The number of nitrogens with zero attached hydrogens (tertiary/aromatic N) is 1. The monoisotopic (exact) mass is 401 g/mol. The van der Waals surface area contributed by atoms with Crippen molar-refractivity contribution in [3.63, 3.8) is 0 Å². The molecule has 146 valence electrons. The van der Waals surface area contributed by atoms with Gasteiger partial charge in [0.2, 0.25) is 0 Å². The van der Waals surface area contributed by atoms with Gasteiger partial charge in [-0.3, -0.25) is 14.4 Å². The van der Waals surface area contributed by atoms with E-state index in [1.165, 1.54) is 6.92 Å². The SMILES string of the molecule is Cc1[nH]c(=O)c(C#N)c(C)c1CCC(=O)O[C@H](C)C(=O)Nc1cccc(Cl)c1. The molecule has 1 amide bonds. The van der Waals surface area contributed by atoms with E-state index in [1.807, 2.05) is 6.07 Å². The molecule has 2 N–H and O–H groups in total. The molecule has 1 aromatic heterocycles. The Bertz CT molecular complexity index is 1010.